The van der Waals surface area contributed by atoms with E-state index in [0.717, 1.165) is 13.0 Å². The summed E-state index contributed by atoms with van der Waals surface area (Å²) in [6.07, 6.45) is 0.849. The minimum atomic E-state index is -2.97. The molecular weight excluding hydrogens is 270 g/mol. The van der Waals surface area contributed by atoms with Gasteiger partial charge in [-0.3, -0.25) is 4.79 Å². The molecule has 110 valence electrons. The van der Waals surface area contributed by atoms with Crippen molar-refractivity contribution in [2.24, 2.45) is 0 Å². The summed E-state index contributed by atoms with van der Waals surface area (Å²) in [7, 11) is 1.34. The Morgan fingerprint density at radius 2 is 2.25 bits per heavy atom. The molecule has 1 amide bonds. The van der Waals surface area contributed by atoms with Gasteiger partial charge in [0.2, 0.25) is 0 Å². The zero-order valence-corrected chi connectivity index (χ0v) is 11.0. The van der Waals surface area contributed by atoms with E-state index in [1.807, 2.05) is 0 Å². The summed E-state index contributed by atoms with van der Waals surface area (Å²) in [4.78, 5) is 12.0. The second kappa shape index (κ2) is 6.51. The lowest BCUT2D eigenvalue weighted by Crippen LogP contribution is -2.36. The lowest BCUT2D eigenvalue weighted by atomic mass is 10.1. The predicted molar refractivity (Wildman–Crippen MR) is 68.4 cm³/mol. The van der Waals surface area contributed by atoms with E-state index in [0.29, 0.717) is 6.54 Å². The smallest absolute Gasteiger partial charge is 0.387 e. The molecule has 0 bridgehead atoms. The molecular formula is C13H16F2N2O3. The monoisotopic (exact) mass is 286 g/mol. The van der Waals surface area contributed by atoms with Crippen molar-refractivity contribution >= 4 is 5.91 Å². The van der Waals surface area contributed by atoms with Crippen molar-refractivity contribution in [3.63, 3.8) is 0 Å². The maximum Gasteiger partial charge on any atom is 0.387 e. The number of carbonyl (C=O) groups excluding carboxylic acids is 1. The lowest BCUT2D eigenvalue weighted by Gasteiger charge is -2.14. The molecule has 2 N–H and O–H groups in total. The Morgan fingerprint density at radius 1 is 1.45 bits per heavy atom. The maximum atomic E-state index is 12.3. The third kappa shape index (κ3) is 3.57. The largest absolute Gasteiger partial charge is 0.493 e. The second-order valence-electron chi connectivity index (χ2n) is 4.41. The number of methoxy groups -OCH3 is 1. The number of hydrogen-bond acceptors (Lipinski definition) is 4. The molecule has 1 atom stereocenters. The minimum Gasteiger partial charge on any atom is -0.493 e. The van der Waals surface area contributed by atoms with Gasteiger partial charge in [-0.15, -0.1) is 0 Å². The Balaban J connectivity index is 2.12. The number of rotatable bonds is 5. The average molecular weight is 286 g/mol. The van der Waals surface area contributed by atoms with E-state index >= 15 is 0 Å². The van der Waals surface area contributed by atoms with Gasteiger partial charge in [0.25, 0.3) is 5.91 Å². The third-order valence-corrected chi connectivity index (χ3v) is 3.04. The first-order valence-corrected chi connectivity index (χ1v) is 6.24. The van der Waals surface area contributed by atoms with Crippen LogP contribution in [0.5, 0.6) is 11.5 Å². The van der Waals surface area contributed by atoms with E-state index in [-0.39, 0.29) is 29.0 Å². The van der Waals surface area contributed by atoms with E-state index in [1.165, 1.54) is 25.3 Å². The fourth-order valence-corrected chi connectivity index (χ4v) is 2.05. The quantitative estimate of drug-likeness (QED) is 0.858. The summed E-state index contributed by atoms with van der Waals surface area (Å²) in [6, 6.07) is 4.25. The number of nitrogens with one attached hydrogen (secondary N) is 2. The van der Waals surface area contributed by atoms with Gasteiger partial charge in [0.05, 0.1) is 7.11 Å². The van der Waals surface area contributed by atoms with Crippen molar-refractivity contribution in [2.75, 3.05) is 20.2 Å². The van der Waals surface area contributed by atoms with Gasteiger partial charge in [-0.25, -0.2) is 0 Å². The SMILES string of the molecule is COc1ccc(C(=O)NC2CCNC2)cc1OC(F)F. The standard InChI is InChI=1S/C13H16F2N2O3/c1-19-10-3-2-8(6-11(10)20-13(14)15)12(18)17-9-4-5-16-7-9/h2-3,6,9,13,16H,4-5,7H2,1H3,(H,17,18). The Kier molecular flexibility index (Phi) is 4.73. The van der Waals surface area contributed by atoms with Crippen LogP contribution in [0.25, 0.3) is 0 Å². The van der Waals surface area contributed by atoms with E-state index in [1.54, 1.807) is 0 Å². The van der Waals surface area contributed by atoms with Crippen LogP contribution in [0.1, 0.15) is 16.8 Å². The van der Waals surface area contributed by atoms with E-state index < -0.39 is 6.61 Å². The topological polar surface area (TPSA) is 59.6 Å². The summed E-state index contributed by atoms with van der Waals surface area (Å²) < 4.78 is 33.9. The molecule has 0 saturated carbocycles. The number of hydrogen-bond donors (Lipinski definition) is 2. The molecule has 0 spiro atoms. The molecule has 1 aromatic rings. The van der Waals surface area contributed by atoms with Crippen molar-refractivity contribution in [1.82, 2.24) is 10.6 Å². The number of amides is 1. The highest BCUT2D eigenvalue weighted by atomic mass is 19.3. The summed E-state index contributed by atoms with van der Waals surface area (Å²) in [5.41, 5.74) is 0.258. The molecule has 1 unspecified atom stereocenters. The number of carbonyl (C=O) groups is 1. The van der Waals surface area contributed by atoms with Crippen LogP contribution in [0.15, 0.2) is 18.2 Å². The van der Waals surface area contributed by atoms with Crippen molar-refractivity contribution in [3.8, 4) is 11.5 Å². The van der Waals surface area contributed by atoms with Crippen LogP contribution in [0.3, 0.4) is 0 Å². The van der Waals surface area contributed by atoms with Crippen LogP contribution >= 0.6 is 0 Å². The van der Waals surface area contributed by atoms with Gasteiger partial charge >= 0.3 is 6.61 Å². The zero-order valence-electron chi connectivity index (χ0n) is 11.0. The number of ether oxygens (including phenoxy) is 2. The molecule has 0 aromatic heterocycles. The summed E-state index contributed by atoms with van der Waals surface area (Å²) in [5, 5.41) is 5.95. The molecule has 1 fully saturated rings. The summed E-state index contributed by atoms with van der Waals surface area (Å²) in [6.45, 7) is -1.41. The molecule has 1 saturated heterocycles. The van der Waals surface area contributed by atoms with Crippen LogP contribution in [0.2, 0.25) is 0 Å². The Bertz CT molecular complexity index is 477. The Morgan fingerprint density at radius 3 is 2.85 bits per heavy atom. The van der Waals surface area contributed by atoms with Crippen molar-refractivity contribution in [3.05, 3.63) is 23.8 Å². The first-order valence-electron chi connectivity index (χ1n) is 6.24. The van der Waals surface area contributed by atoms with Gasteiger partial charge in [-0.2, -0.15) is 8.78 Å². The molecule has 2 rings (SSSR count). The lowest BCUT2D eigenvalue weighted by molar-refractivity contribution is -0.0512. The fraction of sp³-hybridized carbons (Fsp3) is 0.462. The van der Waals surface area contributed by atoms with E-state index in [2.05, 4.69) is 15.4 Å². The molecule has 1 aliphatic heterocycles. The fourth-order valence-electron chi connectivity index (χ4n) is 2.05. The van der Waals surface area contributed by atoms with Crippen molar-refractivity contribution in [1.29, 1.82) is 0 Å². The summed E-state index contributed by atoms with van der Waals surface area (Å²) in [5.74, 6) is -0.315. The molecule has 1 aliphatic rings. The van der Waals surface area contributed by atoms with Crippen LogP contribution in [0, 0.1) is 0 Å². The van der Waals surface area contributed by atoms with Gasteiger partial charge in [0.1, 0.15) is 0 Å². The molecule has 1 heterocycles. The third-order valence-electron chi connectivity index (χ3n) is 3.04. The van der Waals surface area contributed by atoms with Gasteiger partial charge in [0.15, 0.2) is 11.5 Å². The van der Waals surface area contributed by atoms with E-state index in [4.69, 9.17) is 4.74 Å². The number of benzene rings is 1. The molecule has 20 heavy (non-hydrogen) atoms. The van der Waals surface area contributed by atoms with Gasteiger partial charge < -0.3 is 20.1 Å². The second-order valence-corrected chi connectivity index (χ2v) is 4.41. The highest BCUT2D eigenvalue weighted by Crippen LogP contribution is 2.29. The molecule has 1 aromatic carbocycles. The van der Waals surface area contributed by atoms with Gasteiger partial charge in [-0.1, -0.05) is 0 Å². The molecule has 0 radical (unpaired) electrons. The van der Waals surface area contributed by atoms with Crippen LogP contribution < -0.4 is 20.1 Å². The first-order chi connectivity index (χ1) is 9.60. The summed E-state index contributed by atoms with van der Waals surface area (Å²) >= 11 is 0. The Labute approximate surface area is 115 Å². The molecule has 7 heteroatoms. The predicted octanol–water partition coefficient (Wildman–Crippen LogP) is 1.39. The van der Waals surface area contributed by atoms with Gasteiger partial charge in [0, 0.05) is 18.2 Å². The van der Waals surface area contributed by atoms with Gasteiger partial charge in [-0.05, 0) is 31.2 Å². The molecule has 0 aliphatic carbocycles. The van der Waals surface area contributed by atoms with Crippen molar-refractivity contribution < 1.29 is 23.0 Å². The van der Waals surface area contributed by atoms with E-state index in [9.17, 15) is 13.6 Å². The van der Waals surface area contributed by atoms with Crippen LogP contribution in [-0.4, -0.2) is 38.8 Å². The van der Waals surface area contributed by atoms with Crippen LogP contribution in [-0.2, 0) is 0 Å². The highest BCUT2D eigenvalue weighted by Gasteiger charge is 2.19. The minimum absolute atomic E-state index is 0.0593. The average Bonchev–Trinajstić information content (AvgIpc) is 2.90. The maximum absolute atomic E-state index is 12.3. The molecule has 5 nitrogen and oxygen atoms in total. The first kappa shape index (κ1) is 14.5. The normalized spacial score (nSPS) is 18.1. The highest BCUT2D eigenvalue weighted by molar-refractivity contribution is 5.95. The van der Waals surface area contributed by atoms with Crippen molar-refractivity contribution in [2.45, 2.75) is 19.1 Å². The zero-order chi connectivity index (χ0) is 14.5. The number of halogens is 2. The number of alkyl halides is 2. The Hall–Kier alpha value is -1.89. The van der Waals surface area contributed by atoms with Crippen LogP contribution in [0.4, 0.5) is 8.78 Å².